The number of aryl methyl sites for hydroxylation is 2. The fourth-order valence-corrected chi connectivity index (χ4v) is 7.41. The number of aromatic carboxylic acids is 1. The summed E-state index contributed by atoms with van der Waals surface area (Å²) in [6, 6.07) is 11.7. The molecule has 0 spiro atoms. The Labute approximate surface area is 239 Å². The third kappa shape index (κ3) is 4.27. The zero-order valence-electron chi connectivity index (χ0n) is 23.6. The number of hydrogen-bond donors (Lipinski definition) is 1. The number of likely N-dealkylation sites (N-methyl/N-ethyl adjacent to an activating group) is 1. The van der Waals surface area contributed by atoms with Crippen molar-refractivity contribution in [3.8, 4) is 11.3 Å². The van der Waals surface area contributed by atoms with Crippen LogP contribution in [0.1, 0.15) is 70.7 Å². The molecule has 8 nitrogen and oxygen atoms in total. The van der Waals surface area contributed by atoms with Gasteiger partial charge in [0.2, 0.25) is 0 Å². The molecule has 7 rings (SSSR count). The van der Waals surface area contributed by atoms with E-state index in [0.717, 1.165) is 72.0 Å². The van der Waals surface area contributed by atoms with Gasteiger partial charge in [-0.1, -0.05) is 43.5 Å². The second-order valence-corrected chi connectivity index (χ2v) is 12.0. The van der Waals surface area contributed by atoms with Crippen LogP contribution in [0.15, 0.2) is 42.6 Å². The molecule has 2 fully saturated rings. The van der Waals surface area contributed by atoms with Crippen molar-refractivity contribution in [1.82, 2.24) is 18.9 Å². The zero-order valence-corrected chi connectivity index (χ0v) is 23.6. The summed E-state index contributed by atoms with van der Waals surface area (Å²) in [4.78, 5) is 42.8. The Balaban J connectivity index is 1.42. The summed E-state index contributed by atoms with van der Waals surface area (Å²) < 4.78 is 4.50. The fraction of sp³-hybridized carbons (Fsp3) is 0.424. The number of ketones is 1. The van der Waals surface area contributed by atoms with E-state index in [1.54, 1.807) is 11.0 Å². The highest BCUT2D eigenvalue weighted by atomic mass is 16.4. The van der Waals surface area contributed by atoms with Crippen LogP contribution in [0.25, 0.3) is 33.1 Å². The predicted molar refractivity (Wildman–Crippen MR) is 159 cm³/mol. The summed E-state index contributed by atoms with van der Waals surface area (Å²) in [5.41, 5.74) is 6.24. The van der Waals surface area contributed by atoms with E-state index in [2.05, 4.69) is 20.1 Å². The van der Waals surface area contributed by atoms with E-state index >= 15 is 0 Å². The topological polar surface area (TPSA) is 87.8 Å². The molecular formula is C33H36N4O4. The summed E-state index contributed by atoms with van der Waals surface area (Å²) >= 11 is 0. The number of nitrogens with zero attached hydrogens (tertiary/aromatic N) is 4. The van der Waals surface area contributed by atoms with Crippen LogP contribution in [0.4, 0.5) is 0 Å². The predicted octanol–water partition coefficient (Wildman–Crippen LogP) is 5.37. The third-order valence-electron chi connectivity index (χ3n) is 9.53. The Morgan fingerprint density at radius 1 is 0.854 bits per heavy atom. The van der Waals surface area contributed by atoms with E-state index in [1.807, 2.05) is 37.5 Å². The molecule has 3 aliphatic rings. The van der Waals surface area contributed by atoms with E-state index in [1.165, 1.54) is 24.8 Å². The molecule has 8 heteroatoms. The molecule has 1 amide bonds. The number of aromatic nitrogens is 2. The third-order valence-corrected chi connectivity index (χ3v) is 9.53. The monoisotopic (exact) mass is 552 g/mol. The van der Waals surface area contributed by atoms with Crippen molar-refractivity contribution in [3.63, 3.8) is 0 Å². The number of carbonyl (C=O) groups is 3. The summed E-state index contributed by atoms with van der Waals surface area (Å²) in [7, 11) is 2.03. The minimum atomic E-state index is -0.920. The summed E-state index contributed by atoms with van der Waals surface area (Å²) in [6.45, 7) is 4.12. The van der Waals surface area contributed by atoms with Gasteiger partial charge in [0.1, 0.15) is 0 Å². The molecule has 1 saturated heterocycles. The van der Waals surface area contributed by atoms with E-state index in [9.17, 15) is 19.5 Å². The van der Waals surface area contributed by atoms with Crippen molar-refractivity contribution < 1.29 is 19.5 Å². The molecule has 2 aromatic carbocycles. The number of fused-ring (bicyclic) bond motifs is 4. The molecule has 0 unspecified atom stereocenters. The molecule has 41 heavy (non-hydrogen) atoms. The van der Waals surface area contributed by atoms with Gasteiger partial charge in [-0.05, 0) is 49.9 Å². The molecule has 2 aliphatic heterocycles. The van der Waals surface area contributed by atoms with Gasteiger partial charge in [0.25, 0.3) is 11.7 Å². The number of Topliss-reactive ketones (excluding diaryl/α,β-unsaturated/α-hetero) is 1. The number of rotatable bonds is 4. The number of hydrogen-bond acceptors (Lipinski definition) is 4. The van der Waals surface area contributed by atoms with Gasteiger partial charge in [-0.25, -0.2) is 4.79 Å². The van der Waals surface area contributed by atoms with Gasteiger partial charge in [-0.2, -0.15) is 0 Å². The van der Waals surface area contributed by atoms with Crippen molar-refractivity contribution in [3.05, 3.63) is 59.3 Å². The van der Waals surface area contributed by atoms with Crippen LogP contribution in [-0.2, 0) is 17.9 Å². The maximum atomic E-state index is 13.7. The van der Waals surface area contributed by atoms with Crippen molar-refractivity contribution in [1.29, 1.82) is 0 Å². The molecule has 1 saturated carbocycles. The summed E-state index contributed by atoms with van der Waals surface area (Å²) in [5, 5.41) is 11.7. The lowest BCUT2D eigenvalue weighted by Gasteiger charge is -2.31. The van der Waals surface area contributed by atoms with Crippen molar-refractivity contribution >= 4 is 39.5 Å². The quantitative estimate of drug-likeness (QED) is 0.272. The number of carboxylic acids is 1. The number of piperazine rings is 1. The minimum Gasteiger partial charge on any atom is -0.478 e. The Hall–Kier alpha value is -3.91. The second-order valence-electron chi connectivity index (χ2n) is 12.0. The van der Waals surface area contributed by atoms with E-state index in [0.29, 0.717) is 36.7 Å². The van der Waals surface area contributed by atoms with Crippen LogP contribution < -0.4 is 0 Å². The molecule has 0 atom stereocenters. The van der Waals surface area contributed by atoms with Gasteiger partial charge in [-0.3, -0.25) is 9.59 Å². The first-order chi connectivity index (χ1) is 19.9. The van der Waals surface area contributed by atoms with Gasteiger partial charge in [0.15, 0.2) is 0 Å². The lowest BCUT2D eigenvalue weighted by Crippen LogP contribution is -2.49. The van der Waals surface area contributed by atoms with Gasteiger partial charge in [0.05, 0.1) is 22.3 Å². The highest BCUT2D eigenvalue weighted by Gasteiger charge is 2.32. The van der Waals surface area contributed by atoms with Gasteiger partial charge in [-0.15, -0.1) is 0 Å². The average molecular weight is 553 g/mol. The number of carbonyl (C=O) groups excluding carboxylic acids is 2. The van der Waals surface area contributed by atoms with Crippen molar-refractivity contribution in [2.75, 3.05) is 33.2 Å². The van der Waals surface area contributed by atoms with Crippen LogP contribution >= 0.6 is 0 Å². The van der Waals surface area contributed by atoms with Gasteiger partial charge in [0, 0.05) is 67.3 Å². The largest absolute Gasteiger partial charge is 0.478 e. The Bertz CT molecular complexity index is 1700. The molecule has 2 aromatic heterocycles. The fourth-order valence-electron chi connectivity index (χ4n) is 7.41. The molecule has 1 aliphatic carbocycles. The molecular weight excluding hydrogens is 516 g/mol. The average Bonchev–Trinajstić information content (AvgIpc) is 3.51. The molecule has 0 radical (unpaired) electrons. The van der Waals surface area contributed by atoms with Gasteiger partial charge < -0.3 is 24.0 Å². The van der Waals surface area contributed by atoms with E-state index in [-0.39, 0.29) is 0 Å². The highest BCUT2D eigenvalue weighted by Crippen LogP contribution is 2.47. The van der Waals surface area contributed by atoms with E-state index < -0.39 is 17.7 Å². The zero-order chi connectivity index (χ0) is 28.2. The Morgan fingerprint density at radius 3 is 2.39 bits per heavy atom. The van der Waals surface area contributed by atoms with Crippen LogP contribution in [0.3, 0.4) is 0 Å². The standard InChI is InChI=1S/C33H36N4O4/c1-34-15-17-35(18-16-34)32(39)31(38)26-20-36-13-6-14-37-27-19-22(33(40)41)11-12-24(27)28(21-7-3-2-4-8-21)30(37)25-10-5-9-23(26)29(25)36/h5,9-12,19-21H,2-4,6-8,13-18H2,1H3,(H,40,41). The first kappa shape index (κ1) is 26.0. The van der Waals surface area contributed by atoms with Crippen LogP contribution in [0.2, 0.25) is 0 Å². The molecule has 0 bridgehead atoms. The van der Waals surface area contributed by atoms with Crippen molar-refractivity contribution in [2.45, 2.75) is 57.5 Å². The minimum absolute atomic E-state index is 0.298. The lowest BCUT2D eigenvalue weighted by atomic mass is 9.81. The SMILES string of the molecule is CN1CCN(C(=O)C(=O)c2cn3c4c(cccc24)-c2c(C4CCCCC4)c4ccc(C(=O)O)cc4n2CCC3)CC1. The molecule has 4 aromatic rings. The summed E-state index contributed by atoms with van der Waals surface area (Å²) in [5.74, 6) is -1.38. The Morgan fingerprint density at radius 2 is 1.63 bits per heavy atom. The maximum Gasteiger partial charge on any atom is 0.335 e. The van der Waals surface area contributed by atoms with Crippen molar-refractivity contribution in [2.24, 2.45) is 0 Å². The Kier molecular flexibility index (Phi) is 6.46. The number of amides is 1. The highest BCUT2D eigenvalue weighted by molar-refractivity contribution is 6.45. The first-order valence-corrected chi connectivity index (χ1v) is 15.0. The normalized spacial score (nSPS) is 18.3. The number of carboxylic acid groups (broad SMARTS) is 1. The smallest absolute Gasteiger partial charge is 0.335 e. The van der Waals surface area contributed by atoms with Crippen LogP contribution in [-0.4, -0.2) is 74.9 Å². The second kappa shape index (κ2) is 10.2. The maximum absolute atomic E-state index is 13.7. The first-order valence-electron chi connectivity index (χ1n) is 15.0. The van der Waals surface area contributed by atoms with E-state index in [4.69, 9.17) is 0 Å². The molecule has 1 N–H and O–H groups in total. The molecule has 212 valence electrons. The number of benzene rings is 2. The van der Waals surface area contributed by atoms with Gasteiger partial charge >= 0.3 is 5.97 Å². The summed E-state index contributed by atoms with van der Waals surface area (Å²) in [6.07, 6.45) is 8.59. The van der Waals surface area contributed by atoms with Crippen LogP contribution in [0.5, 0.6) is 0 Å². The number of para-hydroxylation sites is 1. The van der Waals surface area contributed by atoms with Crippen LogP contribution in [0, 0.1) is 0 Å². The molecule has 4 heterocycles. The lowest BCUT2D eigenvalue weighted by molar-refractivity contribution is -0.127.